The second-order valence-corrected chi connectivity index (χ2v) is 16.2. The van der Waals surface area contributed by atoms with Gasteiger partial charge >= 0.3 is 5.97 Å². The monoisotopic (exact) mass is 770 g/mol. The largest absolute Gasteiger partial charge is 0.493 e. The highest BCUT2D eigenvalue weighted by molar-refractivity contribution is 7.98. The first-order chi connectivity index (χ1) is 25.8. The molecule has 276 valence electrons. The molecule has 3 aromatic heterocycles. The van der Waals surface area contributed by atoms with Crippen molar-refractivity contribution < 1.29 is 19.4 Å². The fourth-order valence-corrected chi connectivity index (χ4v) is 9.79. The smallest absolute Gasteiger partial charge is 0.352 e. The summed E-state index contributed by atoms with van der Waals surface area (Å²) in [5.74, 6) is 2.04. The summed E-state index contributed by atoms with van der Waals surface area (Å²) in [6, 6.07) is 18.7. The molecule has 0 spiro atoms. The van der Waals surface area contributed by atoms with Crippen LogP contribution in [0.1, 0.15) is 45.2 Å². The highest BCUT2D eigenvalue weighted by Gasteiger charge is 2.29. The maximum Gasteiger partial charge on any atom is 0.352 e. The highest BCUT2D eigenvalue weighted by Crippen LogP contribution is 2.44. The summed E-state index contributed by atoms with van der Waals surface area (Å²) in [6.45, 7) is 6.68. The van der Waals surface area contributed by atoms with Gasteiger partial charge in [-0.05, 0) is 61.0 Å². The molecule has 8 bridgehead atoms. The average molecular weight is 771 g/mol. The Morgan fingerprint density at radius 3 is 2.60 bits per heavy atom. The topological polar surface area (TPSA) is 99.6 Å². The molecule has 8 rings (SSSR count). The van der Waals surface area contributed by atoms with Crippen molar-refractivity contribution in [3.8, 4) is 16.9 Å². The fourth-order valence-electron chi connectivity index (χ4n) is 7.70. The zero-order chi connectivity index (χ0) is 36.6. The van der Waals surface area contributed by atoms with Crippen LogP contribution in [0.5, 0.6) is 5.75 Å². The third-order valence-corrected chi connectivity index (χ3v) is 12.7. The first kappa shape index (κ1) is 36.1. The number of aromatic carboxylic acids is 1. The summed E-state index contributed by atoms with van der Waals surface area (Å²) in [5, 5.41) is 24.4. The van der Waals surface area contributed by atoms with Gasteiger partial charge in [0.15, 0.2) is 0 Å². The molecule has 2 aliphatic rings. The normalized spacial score (nSPS) is 16.1. The predicted molar refractivity (Wildman–Crippen MR) is 214 cm³/mol. The zero-order valence-corrected chi connectivity index (χ0v) is 32.6. The first-order valence-electron chi connectivity index (χ1n) is 18.0. The number of benzene rings is 3. The van der Waals surface area contributed by atoms with E-state index in [1.807, 2.05) is 46.2 Å². The Labute approximate surface area is 322 Å². The van der Waals surface area contributed by atoms with E-state index in [0.717, 1.165) is 103 Å². The highest BCUT2D eigenvalue weighted by atomic mass is 35.5. The number of hydrogen-bond donors (Lipinski definition) is 1. The quantitative estimate of drug-likeness (QED) is 0.191. The van der Waals surface area contributed by atoms with Crippen molar-refractivity contribution in [2.24, 2.45) is 14.1 Å². The number of aromatic nitrogens is 5. The molecule has 0 amide bonds. The minimum Gasteiger partial charge on any atom is -0.493 e. The summed E-state index contributed by atoms with van der Waals surface area (Å²) in [4.78, 5) is 16.8. The van der Waals surface area contributed by atoms with Crippen molar-refractivity contribution in [3.63, 3.8) is 0 Å². The van der Waals surface area contributed by atoms with Crippen LogP contribution in [0.25, 0.3) is 32.8 Å². The number of carboxylic acid groups (broad SMARTS) is 1. The summed E-state index contributed by atoms with van der Waals surface area (Å²) in [5.41, 5.74) is 7.87. The first-order valence-corrected chi connectivity index (χ1v) is 20.6. The van der Waals surface area contributed by atoms with E-state index in [9.17, 15) is 9.90 Å². The fraction of sp³-hybridized carbons (Fsp3) is 0.375. The van der Waals surface area contributed by atoms with Gasteiger partial charge in [-0.1, -0.05) is 35.9 Å². The number of morpholine rings is 1. The molecule has 0 radical (unpaired) electrons. The number of nitrogens with zero attached hydrogens (tertiary/aromatic N) is 6. The van der Waals surface area contributed by atoms with Crippen molar-refractivity contribution >= 4 is 62.8 Å². The molecule has 10 nitrogen and oxygen atoms in total. The minimum atomic E-state index is -0.945. The van der Waals surface area contributed by atoms with Gasteiger partial charge in [-0.3, -0.25) is 14.3 Å². The maximum atomic E-state index is 13.3. The van der Waals surface area contributed by atoms with Crippen LogP contribution in [0, 0.1) is 6.92 Å². The van der Waals surface area contributed by atoms with Crippen molar-refractivity contribution in [2.45, 2.75) is 48.5 Å². The molecule has 6 aromatic rings. The second-order valence-electron chi connectivity index (χ2n) is 13.7. The predicted octanol–water partition coefficient (Wildman–Crippen LogP) is 7.97. The molecule has 53 heavy (non-hydrogen) atoms. The van der Waals surface area contributed by atoms with Crippen LogP contribution in [0.2, 0.25) is 5.02 Å². The maximum absolute atomic E-state index is 13.3. The van der Waals surface area contributed by atoms with Crippen molar-refractivity contribution in [2.75, 3.05) is 39.5 Å². The molecular formula is C40H43ClN6O4S2. The lowest BCUT2D eigenvalue weighted by Crippen LogP contribution is -2.37. The Morgan fingerprint density at radius 1 is 0.943 bits per heavy atom. The average Bonchev–Trinajstić information content (AvgIpc) is 3.77. The van der Waals surface area contributed by atoms with Crippen LogP contribution >= 0.6 is 35.1 Å². The summed E-state index contributed by atoms with van der Waals surface area (Å²) in [6.07, 6.45) is 1.18. The second kappa shape index (κ2) is 15.4. The SMILES string of the molecule is Cc1c2c(nn1C)CSCc1cc(n(C)n1)CSc1cc(c3ccccc3c1)OCCCn1c(C(=O)O)c(CCN3CCOCC3)c3c-2c(Cl)ccc31. The number of halogens is 1. The van der Waals surface area contributed by atoms with Gasteiger partial charge in [0.2, 0.25) is 0 Å². The van der Waals surface area contributed by atoms with Crippen molar-refractivity contribution in [1.29, 1.82) is 0 Å². The Kier molecular flexibility index (Phi) is 10.5. The van der Waals surface area contributed by atoms with Crippen LogP contribution < -0.4 is 4.74 Å². The van der Waals surface area contributed by atoms with Crippen LogP contribution in [0.4, 0.5) is 0 Å². The molecule has 3 aromatic carbocycles. The van der Waals surface area contributed by atoms with E-state index < -0.39 is 5.97 Å². The Morgan fingerprint density at radius 2 is 1.77 bits per heavy atom. The van der Waals surface area contributed by atoms with Gasteiger partial charge in [0.25, 0.3) is 0 Å². The molecule has 0 saturated carbocycles. The Hall–Kier alpha value is -3.94. The van der Waals surface area contributed by atoms with E-state index in [-0.39, 0.29) is 0 Å². The van der Waals surface area contributed by atoms with E-state index in [0.29, 0.717) is 55.7 Å². The van der Waals surface area contributed by atoms with Crippen molar-refractivity contribution in [1.82, 2.24) is 29.0 Å². The standard InChI is InChI=1S/C40H43ClN6O4S2/c1-25-36-33(43-44(25)2)24-52-22-27-20-28(45(3)42-27)23-53-29-19-26-7-4-5-8-30(26)35(21-29)51-16-6-12-47-34-10-9-32(41)38(36)37(34)31(39(47)40(48)49)11-13-46-14-17-50-18-15-46/h4-5,7-10,19-21H,6,11-18,22-24H2,1-3H3,(H,48,49). The van der Waals surface area contributed by atoms with Gasteiger partial charge in [-0.25, -0.2) is 4.79 Å². The summed E-state index contributed by atoms with van der Waals surface area (Å²) in [7, 11) is 3.97. The van der Waals surface area contributed by atoms with Gasteiger partial charge in [-0.15, -0.1) is 23.5 Å². The summed E-state index contributed by atoms with van der Waals surface area (Å²) < 4.78 is 18.0. The number of carbonyl (C=O) groups is 1. The number of ether oxygens (including phenoxy) is 2. The molecule has 0 unspecified atom stereocenters. The van der Waals surface area contributed by atoms with E-state index in [4.69, 9.17) is 31.3 Å². The van der Waals surface area contributed by atoms with E-state index >= 15 is 0 Å². The van der Waals surface area contributed by atoms with Crippen LogP contribution in [-0.2, 0) is 49.1 Å². The van der Waals surface area contributed by atoms with E-state index in [2.05, 4.69) is 48.2 Å². The molecule has 1 fully saturated rings. The summed E-state index contributed by atoms with van der Waals surface area (Å²) >= 11 is 10.7. The lowest BCUT2D eigenvalue weighted by Gasteiger charge is -2.26. The molecule has 1 N–H and O–H groups in total. The van der Waals surface area contributed by atoms with Gasteiger partial charge < -0.3 is 19.1 Å². The van der Waals surface area contributed by atoms with E-state index in [1.165, 1.54) is 0 Å². The van der Waals surface area contributed by atoms with Crippen LogP contribution in [0.15, 0.2) is 59.5 Å². The third-order valence-electron chi connectivity index (χ3n) is 10.4. The Balaban J connectivity index is 1.26. The molecule has 1 saturated heterocycles. The number of carboxylic acids is 1. The zero-order valence-electron chi connectivity index (χ0n) is 30.2. The van der Waals surface area contributed by atoms with Gasteiger partial charge in [0.1, 0.15) is 11.4 Å². The van der Waals surface area contributed by atoms with Gasteiger partial charge in [0.05, 0.1) is 31.2 Å². The number of fused-ring (bicyclic) bond motifs is 8. The third kappa shape index (κ3) is 7.19. The number of rotatable bonds is 4. The molecule has 13 heteroatoms. The lowest BCUT2D eigenvalue weighted by atomic mass is 9.95. The van der Waals surface area contributed by atoms with Gasteiger partial charge in [0, 0.05) is 106 Å². The van der Waals surface area contributed by atoms with Crippen LogP contribution in [-0.4, -0.2) is 79.6 Å². The number of thioether (sulfide) groups is 2. The lowest BCUT2D eigenvalue weighted by molar-refractivity contribution is 0.0384. The molecule has 0 aliphatic carbocycles. The van der Waals surface area contributed by atoms with Crippen LogP contribution in [0.3, 0.4) is 0 Å². The molecule has 0 atom stereocenters. The molecule has 5 heterocycles. The van der Waals surface area contributed by atoms with E-state index in [1.54, 1.807) is 23.5 Å². The number of hydrogen-bond acceptors (Lipinski definition) is 8. The minimum absolute atomic E-state index is 0.311. The Bertz CT molecular complexity index is 2330. The molecular weight excluding hydrogens is 728 g/mol. The van der Waals surface area contributed by atoms with Crippen molar-refractivity contribution in [3.05, 3.63) is 93.7 Å². The number of aryl methyl sites for hydroxylation is 3. The van der Waals surface area contributed by atoms with Gasteiger partial charge in [-0.2, -0.15) is 10.2 Å². The molecule has 2 aliphatic heterocycles.